The van der Waals surface area contributed by atoms with Gasteiger partial charge in [0, 0.05) is 12.8 Å². The highest BCUT2D eigenvalue weighted by atomic mass is 16.7. The molecule has 0 saturated heterocycles. The van der Waals surface area contributed by atoms with Crippen LogP contribution in [-0.4, -0.2) is 82.3 Å². The zero-order chi connectivity index (χ0) is 57.6. The van der Waals surface area contributed by atoms with E-state index in [-0.39, 0.29) is 32.7 Å². The van der Waals surface area contributed by atoms with E-state index in [1.165, 1.54) is 0 Å². The normalized spacial score (nSPS) is 14.1. The van der Waals surface area contributed by atoms with E-state index in [0.717, 1.165) is 141 Å². The van der Waals surface area contributed by atoms with Gasteiger partial charge in [0.05, 0.1) is 40.3 Å². The van der Waals surface area contributed by atoms with Crippen molar-refractivity contribution in [1.29, 1.82) is 0 Å². The largest absolute Gasteiger partial charge is 0.545 e. The summed E-state index contributed by atoms with van der Waals surface area (Å²) in [6.45, 7) is 4.40. The monoisotopic (exact) mass is 1090 g/mol. The van der Waals surface area contributed by atoms with Gasteiger partial charge in [-0.2, -0.15) is 0 Å². The summed E-state index contributed by atoms with van der Waals surface area (Å²) in [6, 6.07) is 0. The smallest absolute Gasteiger partial charge is 0.306 e. The van der Waals surface area contributed by atoms with Crippen molar-refractivity contribution in [2.45, 2.75) is 193 Å². The number of carboxylic acid groups (broad SMARTS) is 1. The standard InChI is InChI=1S/C70H107NO8/c1-6-8-10-12-14-16-18-20-22-24-26-28-30-32-34-36-38-40-42-44-46-48-50-52-54-56-58-60-67(72)77-64-66(65-78-70(69(74)75)76-63-62-71(3,4)5)79-68(73)61-59-57-55-53-51-49-47-45-43-41-39-37-35-33-31-29-27-25-23-21-19-17-15-13-11-9-7-2/h8-11,14-17,20-23,26-29,32-35,38-41,44-47,51,53,66,70H,6-7,12-13,18-19,24-25,30-31,36-37,42-43,48-50,52,54-65H2,1-5H3/b10-8-,11-9-,16-14-,17-15-,22-20-,23-21-,28-26-,29-27-,34-32-,35-33-,40-38-,41-39-,46-44-,47-45-,53-51-. The number of esters is 2. The van der Waals surface area contributed by atoms with Crippen LogP contribution >= 0.6 is 0 Å². The maximum Gasteiger partial charge on any atom is 0.306 e. The lowest BCUT2D eigenvalue weighted by Gasteiger charge is -2.26. The van der Waals surface area contributed by atoms with Crippen LogP contribution in [0.1, 0.15) is 181 Å². The first-order valence-corrected chi connectivity index (χ1v) is 29.9. The fraction of sp³-hybridized carbons (Fsp3) is 0.529. The molecule has 9 heteroatoms. The minimum Gasteiger partial charge on any atom is -0.545 e. The van der Waals surface area contributed by atoms with Crippen molar-refractivity contribution >= 4 is 17.9 Å². The molecule has 0 amide bonds. The summed E-state index contributed by atoms with van der Waals surface area (Å²) in [5.41, 5.74) is 0. The number of hydrogen-bond donors (Lipinski definition) is 0. The molecular formula is C70H107NO8. The fourth-order valence-electron chi connectivity index (χ4n) is 7.12. The number of carbonyl (C=O) groups is 3. The number of quaternary nitrogens is 1. The molecule has 440 valence electrons. The Labute approximate surface area is 481 Å². The van der Waals surface area contributed by atoms with Gasteiger partial charge in [-0.05, 0) is 135 Å². The summed E-state index contributed by atoms with van der Waals surface area (Å²) < 4.78 is 22.6. The lowest BCUT2D eigenvalue weighted by Crippen LogP contribution is -2.44. The zero-order valence-electron chi connectivity index (χ0n) is 49.9. The quantitative estimate of drug-likeness (QED) is 0.0195. The third-order valence-corrected chi connectivity index (χ3v) is 11.6. The average Bonchev–Trinajstić information content (AvgIpc) is 3.42. The molecule has 0 saturated carbocycles. The highest BCUT2D eigenvalue weighted by molar-refractivity contribution is 5.70. The number of aliphatic carboxylic acids is 1. The van der Waals surface area contributed by atoms with Crippen molar-refractivity contribution in [3.05, 3.63) is 182 Å². The number of hydrogen-bond acceptors (Lipinski definition) is 8. The van der Waals surface area contributed by atoms with Crippen LogP contribution in [0.5, 0.6) is 0 Å². The molecule has 0 radical (unpaired) electrons. The van der Waals surface area contributed by atoms with Crippen LogP contribution in [0.3, 0.4) is 0 Å². The Morgan fingerprint density at radius 1 is 0.380 bits per heavy atom. The lowest BCUT2D eigenvalue weighted by atomic mass is 10.1. The number of carboxylic acids is 1. The van der Waals surface area contributed by atoms with Crippen LogP contribution < -0.4 is 5.11 Å². The van der Waals surface area contributed by atoms with E-state index in [1.807, 2.05) is 21.1 Å². The number of nitrogens with zero attached hydrogens (tertiary/aromatic N) is 1. The Kier molecular flexibility index (Phi) is 54.4. The highest BCUT2D eigenvalue weighted by Crippen LogP contribution is 2.11. The molecular weight excluding hydrogens is 983 g/mol. The third kappa shape index (κ3) is 59.9. The van der Waals surface area contributed by atoms with Crippen molar-refractivity contribution in [2.75, 3.05) is 47.5 Å². The predicted molar refractivity (Wildman–Crippen MR) is 333 cm³/mol. The van der Waals surface area contributed by atoms with E-state index in [1.54, 1.807) is 0 Å². The molecule has 0 spiro atoms. The maximum absolute atomic E-state index is 12.9. The van der Waals surface area contributed by atoms with Gasteiger partial charge in [-0.25, -0.2) is 0 Å². The van der Waals surface area contributed by atoms with E-state index in [2.05, 4.69) is 196 Å². The first kappa shape index (κ1) is 73.4. The predicted octanol–water partition coefficient (Wildman–Crippen LogP) is 16.8. The van der Waals surface area contributed by atoms with E-state index in [0.29, 0.717) is 23.9 Å². The second-order valence-corrected chi connectivity index (χ2v) is 20.2. The second-order valence-electron chi connectivity index (χ2n) is 20.2. The van der Waals surface area contributed by atoms with Crippen molar-refractivity contribution in [2.24, 2.45) is 0 Å². The Balaban J connectivity index is 4.44. The van der Waals surface area contributed by atoms with Crippen molar-refractivity contribution in [3.63, 3.8) is 0 Å². The zero-order valence-corrected chi connectivity index (χ0v) is 49.9. The number of rotatable bonds is 52. The van der Waals surface area contributed by atoms with Gasteiger partial charge in [0.1, 0.15) is 13.2 Å². The minimum atomic E-state index is -1.65. The summed E-state index contributed by atoms with van der Waals surface area (Å²) in [7, 11) is 5.88. The molecule has 0 aliphatic heterocycles. The van der Waals surface area contributed by atoms with Gasteiger partial charge < -0.3 is 33.3 Å². The molecule has 2 unspecified atom stereocenters. The summed E-state index contributed by atoms with van der Waals surface area (Å²) in [5.74, 6) is -2.40. The maximum atomic E-state index is 12.9. The number of allylic oxidation sites excluding steroid dienone is 30. The van der Waals surface area contributed by atoms with Crippen LogP contribution in [0.15, 0.2) is 182 Å². The Morgan fingerprint density at radius 3 is 1.04 bits per heavy atom. The average molecular weight is 1090 g/mol. The fourth-order valence-corrected chi connectivity index (χ4v) is 7.12. The van der Waals surface area contributed by atoms with E-state index >= 15 is 0 Å². The molecule has 0 heterocycles. The van der Waals surface area contributed by atoms with Crippen LogP contribution in [-0.2, 0) is 33.3 Å². The minimum absolute atomic E-state index is 0.123. The number of carbonyl (C=O) groups excluding carboxylic acids is 3. The summed E-state index contributed by atoms with van der Waals surface area (Å²) >= 11 is 0. The second kappa shape index (κ2) is 58.5. The highest BCUT2D eigenvalue weighted by Gasteiger charge is 2.22. The van der Waals surface area contributed by atoms with Crippen molar-refractivity contribution in [1.82, 2.24) is 0 Å². The Morgan fingerprint density at radius 2 is 0.684 bits per heavy atom. The number of ether oxygens (including phenoxy) is 4. The number of unbranched alkanes of at least 4 members (excludes halogenated alkanes) is 7. The van der Waals surface area contributed by atoms with Crippen molar-refractivity contribution < 1.29 is 42.9 Å². The third-order valence-electron chi connectivity index (χ3n) is 11.6. The van der Waals surface area contributed by atoms with Crippen LogP contribution in [0.4, 0.5) is 0 Å². The first-order valence-electron chi connectivity index (χ1n) is 29.9. The van der Waals surface area contributed by atoms with Crippen LogP contribution in [0.2, 0.25) is 0 Å². The molecule has 0 aromatic heterocycles. The van der Waals surface area contributed by atoms with E-state index in [4.69, 9.17) is 18.9 Å². The molecule has 0 rings (SSSR count). The lowest BCUT2D eigenvalue weighted by molar-refractivity contribution is -0.870. The molecule has 9 nitrogen and oxygen atoms in total. The van der Waals surface area contributed by atoms with Crippen LogP contribution in [0, 0.1) is 0 Å². The Hall–Kier alpha value is -5.61. The number of likely N-dealkylation sites (N-methyl/N-ethyl adjacent to an activating group) is 1. The van der Waals surface area contributed by atoms with Gasteiger partial charge in [-0.15, -0.1) is 0 Å². The molecule has 2 atom stereocenters. The van der Waals surface area contributed by atoms with Gasteiger partial charge in [0.15, 0.2) is 12.4 Å². The van der Waals surface area contributed by atoms with Gasteiger partial charge in [0.2, 0.25) is 0 Å². The molecule has 79 heavy (non-hydrogen) atoms. The van der Waals surface area contributed by atoms with Crippen LogP contribution in [0.25, 0.3) is 0 Å². The topological polar surface area (TPSA) is 111 Å². The molecule has 0 fully saturated rings. The Bertz CT molecular complexity index is 1940. The summed E-state index contributed by atoms with van der Waals surface area (Å²) in [5, 5.41) is 11.8. The van der Waals surface area contributed by atoms with Gasteiger partial charge in [-0.3, -0.25) is 9.59 Å². The molecule has 0 aliphatic carbocycles. The molecule has 0 N–H and O–H groups in total. The van der Waals surface area contributed by atoms with Gasteiger partial charge >= 0.3 is 11.9 Å². The molecule has 0 aromatic rings. The van der Waals surface area contributed by atoms with Gasteiger partial charge in [0.25, 0.3) is 0 Å². The molecule has 0 aliphatic rings. The SMILES string of the molecule is CC/C=C\C/C=C\C/C=C\C/C=C\C/C=C\C/C=C\C/C=C\C/C=C\CCCCC(=O)OC(COC(=O)CCCCCCC/C=C\C/C=C\C/C=C\C/C=C\C/C=C\C/C=C\C/C=C\CC)COC(OCC[N+](C)(C)C)C(=O)[O-]. The van der Waals surface area contributed by atoms with Gasteiger partial charge in [-0.1, -0.05) is 215 Å². The molecule has 0 bridgehead atoms. The van der Waals surface area contributed by atoms with Crippen molar-refractivity contribution in [3.8, 4) is 0 Å². The summed E-state index contributed by atoms with van der Waals surface area (Å²) in [6.07, 6.45) is 86.5. The van der Waals surface area contributed by atoms with E-state index in [9.17, 15) is 19.5 Å². The molecule has 0 aromatic carbocycles. The summed E-state index contributed by atoms with van der Waals surface area (Å²) in [4.78, 5) is 37.3. The first-order chi connectivity index (χ1) is 38.6. The van der Waals surface area contributed by atoms with E-state index < -0.39 is 30.3 Å².